The van der Waals surface area contributed by atoms with Gasteiger partial charge < -0.3 is 10.1 Å². The van der Waals surface area contributed by atoms with Crippen molar-refractivity contribution in [3.8, 4) is 0 Å². The highest BCUT2D eigenvalue weighted by atomic mass is 16.5. The van der Waals surface area contributed by atoms with Crippen molar-refractivity contribution in [2.75, 3.05) is 13.2 Å². The van der Waals surface area contributed by atoms with Crippen LogP contribution in [0, 0.1) is 5.92 Å². The summed E-state index contributed by atoms with van der Waals surface area (Å²) in [5.41, 5.74) is 1.16. The van der Waals surface area contributed by atoms with Crippen molar-refractivity contribution in [3.63, 3.8) is 0 Å². The monoisotopic (exact) mass is 213 g/mol. The Morgan fingerprint density at radius 3 is 2.27 bits per heavy atom. The van der Waals surface area contributed by atoms with Crippen LogP contribution in [0.2, 0.25) is 0 Å². The average Bonchev–Trinajstić information content (AvgIpc) is 2.16. The molecule has 0 bridgehead atoms. The van der Waals surface area contributed by atoms with Crippen LogP contribution < -0.4 is 5.32 Å². The van der Waals surface area contributed by atoms with Gasteiger partial charge in [0.05, 0.1) is 12.1 Å². The van der Waals surface area contributed by atoms with Crippen LogP contribution >= 0.6 is 0 Å². The van der Waals surface area contributed by atoms with Crippen molar-refractivity contribution < 1.29 is 4.74 Å². The maximum Gasteiger partial charge on any atom is 0.0788 e. The summed E-state index contributed by atoms with van der Waals surface area (Å²) in [5.74, 6) is 0.510. The lowest BCUT2D eigenvalue weighted by molar-refractivity contribution is 0.0121. The third-order valence-corrected chi connectivity index (χ3v) is 2.49. The van der Waals surface area contributed by atoms with Gasteiger partial charge in [-0.3, -0.25) is 0 Å². The molecule has 0 saturated heterocycles. The van der Waals surface area contributed by atoms with Crippen LogP contribution in [0.15, 0.2) is 12.2 Å². The predicted octanol–water partition coefficient (Wildman–Crippen LogP) is 2.99. The highest BCUT2D eigenvalue weighted by Gasteiger charge is 2.24. The summed E-state index contributed by atoms with van der Waals surface area (Å²) in [6.07, 6.45) is 1.37. The fourth-order valence-corrected chi connectivity index (χ4v) is 1.74. The first kappa shape index (κ1) is 14.7. The molecule has 2 heteroatoms. The molecule has 90 valence electrons. The number of nitrogens with one attached hydrogen (secondary N) is 1. The second-order valence-corrected chi connectivity index (χ2v) is 4.44. The molecule has 0 spiro atoms. The first-order valence-electron chi connectivity index (χ1n) is 6.04. The van der Waals surface area contributed by atoms with Gasteiger partial charge in [0.1, 0.15) is 0 Å². The number of hydrogen-bond donors (Lipinski definition) is 1. The predicted molar refractivity (Wildman–Crippen MR) is 67.1 cm³/mol. The summed E-state index contributed by atoms with van der Waals surface area (Å²) in [6.45, 7) is 16.5. The molecule has 0 aromatic heterocycles. The highest BCUT2D eigenvalue weighted by molar-refractivity contribution is 5.06. The van der Waals surface area contributed by atoms with Crippen LogP contribution in [-0.2, 0) is 4.74 Å². The minimum atomic E-state index is 0.235. The molecule has 1 N–H and O–H groups in total. The minimum absolute atomic E-state index is 0.235. The molecule has 2 unspecified atom stereocenters. The van der Waals surface area contributed by atoms with Crippen molar-refractivity contribution in [3.05, 3.63) is 12.2 Å². The standard InChI is InChI=1S/C13H27NO/c1-7-9-14-12(10(3)4)13(11(5)6)15-8-2/h11-14H,3,7-9H2,1-2,4-6H3. The van der Waals surface area contributed by atoms with Gasteiger partial charge in [0, 0.05) is 6.61 Å². The quantitative estimate of drug-likeness (QED) is 0.626. The molecule has 2 nitrogen and oxygen atoms in total. The molecular formula is C13H27NO. The molecule has 0 rings (SSSR count). The van der Waals surface area contributed by atoms with E-state index in [4.69, 9.17) is 4.74 Å². The summed E-state index contributed by atoms with van der Waals surface area (Å²) < 4.78 is 5.80. The van der Waals surface area contributed by atoms with Gasteiger partial charge in [0.25, 0.3) is 0 Å². The Kier molecular flexibility index (Phi) is 7.71. The smallest absolute Gasteiger partial charge is 0.0788 e. The van der Waals surface area contributed by atoms with Crippen LogP contribution in [-0.4, -0.2) is 25.3 Å². The van der Waals surface area contributed by atoms with E-state index in [1.54, 1.807) is 0 Å². The minimum Gasteiger partial charge on any atom is -0.376 e. The van der Waals surface area contributed by atoms with E-state index >= 15 is 0 Å². The maximum atomic E-state index is 5.80. The van der Waals surface area contributed by atoms with Crippen molar-refractivity contribution in [2.24, 2.45) is 5.92 Å². The van der Waals surface area contributed by atoms with E-state index in [-0.39, 0.29) is 12.1 Å². The Hall–Kier alpha value is -0.340. The molecule has 0 aliphatic heterocycles. The largest absolute Gasteiger partial charge is 0.376 e. The van der Waals surface area contributed by atoms with Crippen LogP contribution in [0.5, 0.6) is 0 Å². The third-order valence-electron chi connectivity index (χ3n) is 2.49. The summed E-state index contributed by atoms with van der Waals surface area (Å²) >= 11 is 0. The Morgan fingerprint density at radius 2 is 1.93 bits per heavy atom. The second-order valence-electron chi connectivity index (χ2n) is 4.44. The topological polar surface area (TPSA) is 21.3 Å². The first-order chi connectivity index (χ1) is 7.04. The first-order valence-corrected chi connectivity index (χ1v) is 6.04. The van der Waals surface area contributed by atoms with Crippen LogP contribution in [0.3, 0.4) is 0 Å². The summed E-state index contributed by atoms with van der Waals surface area (Å²) in [7, 11) is 0. The van der Waals surface area contributed by atoms with Crippen molar-refractivity contribution >= 4 is 0 Å². The van der Waals surface area contributed by atoms with Crippen LogP contribution in [0.1, 0.15) is 41.0 Å². The van der Waals surface area contributed by atoms with Gasteiger partial charge in [-0.1, -0.05) is 32.9 Å². The van der Waals surface area contributed by atoms with E-state index in [0.717, 1.165) is 25.1 Å². The zero-order valence-electron chi connectivity index (χ0n) is 11.0. The van der Waals surface area contributed by atoms with E-state index in [0.29, 0.717) is 5.92 Å². The van der Waals surface area contributed by atoms with Gasteiger partial charge in [-0.25, -0.2) is 0 Å². The number of rotatable bonds is 8. The summed E-state index contributed by atoms with van der Waals surface area (Å²) in [6, 6.07) is 0.282. The zero-order chi connectivity index (χ0) is 11.8. The van der Waals surface area contributed by atoms with Crippen LogP contribution in [0.25, 0.3) is 0 Å². The Morgan fingerprint density at radius 1 is 1.33 bits per heavy atom. The van der Waals surface area contributed by atoms with Gasteiger partial charge in [0.2, 0.25) is 0 Å². The molecule has 0 amide bonds. The fourth-order valence-electron chi connectivity index (χ4n) is 1.74. The van der Waals surface area contributed by atoms with Crippen molar-refractivity contribution in [2.45, 2.75) is 53.2 Å². The average molecular weight is 213 g/mol. The van der Waals surface area contributed by atoms with E-state index in [9.17, 15) is 0 Å². The lowest BCUT2D eigenvalue weighted by atomic mass is 9.94. The molecule has 15 heavy (non-hydrogen) atoms. The van der Waals surface area contributed by atoms with Gasteiger partial charge in [-0.05, 0) is 32.7 Å². The van der Waals surface area contributed by atoms with E-state index in [1.807, 2.05) is 6.92 Å². The van der Waals surface area contributed by atoms with Crippen molar-refractivity contribution in [1.29, 1.82) is 0 Å². The molecular weight excluding hydrogens is 186 g/mol. The number of hydrogen-bond acceptors (Lipinski definition) is 2. The molecule has 0 aromatic carbocycles. The molecule has 0 radical (unpaired) electrons. The SMILES string of the molecule is C=C(C)C(NCCC)C(OCC)C(C)C. The second kappa shape index (κ2) is 7.89. The molecule has 0 aromatic rings. The highest BCUT2D eigenvalue weighted by Crippen LogP contribution is 2.16. The zero-order valence-corrected chi connectivity index (χ0v) is 11.0. The summed E-state index contributed by atoms with van der Waals surface area (Å²) in [5, 5.41) is 3.51. The third kappa shape index (κ3) is 5.33. The lowest BCUT2D eigenvalue weighted by Gasteiger charge is -2.31. The van der Waals surface area contributed by atoms with Gasteiger partial charge in [-0.2, -0.15) is 0 Å². The van der Waals surface area contributed by atoms with E-state index in [2.05, 4.69) is 39.6 Å². The van der Waals surface area contributed by atoms with Crippen molar-refractivity contribution in [1.82, 2.24) is 5.32 Å². The fraction of sp³-hybridized carbons (Fsp3) is 0.846. The van der Waals surface area contributed by atoms with Gasteiger partial charge >= 0.3 is 0 Å². The molecule has 0 aliphatic rings. The summed E-state index contributed by atoms with van der Waals surface area (Å²) in [4.78, 5) is 0. The number of ether oxygens (including phenoxy) is 1. The van der Waals surface area contributed by atoms with Gasteiger partial charge in [0.15, 0.2) is 0 Å². The van der Waals surface area contributed by atoms with Gasteiger partial charge in [-0.15, -0.1) is 0 Å². The molecule has 0 saturated carbocycles. The van der Waals surface area contributed by atoms with E-state index < -0.39 is 0 Å². The normalized spacial score (nSPS) is 15.3. The Balaban J connectivity index is 4.44. The van der Waals surface area contributed by atoms with E-state index in [1.165, 1.54) is 0 Å². The molecule has 2 atom stereocenters. The Bertz CT molecular complexity index is 177. The Labute approximate surface area is 95.1 Å². The van der Waals surface area contributed by atoms with Crippen LogP contribution in [0.4, 0.5) is 0 Å². The lowest BCUT2D eigenvalue weighted by Crippen LogP contribution is -2.45. The maximum absolute atomic E-state index is 5.80. The molecule has 0 heterocycles. The molecule has 0 fully saturated rings. The molecule has 0 aliphatic carbocycles.